The lowest BCUT2D eigenvalue weighted by atomic mass is 9.59. The summed E-state index contributed by atoms with van der Waals surface area (Å²) in [4.78, 5) is 17.1. The molecule has 2 bridgehead atoms. The lowest BCUT2D eigenvalue weighted by Crippen LogP contribution is -2.45. The molecule has 0 aliphatic heterocycles. The number of carbonyl (C=O) groups excluding carboxylic acids is 1. The number of rotatable bonds is 2. The summed E-state index contributed by atoms with van der Waals surface area (Å²) in [5.74, 6) is 0.104. The summed E-state index contributed by atoms with van der Waals surface area (Å²) in [5.41, 5.74) is 2.69. The standard InChI is InChI=1S/C16H15ClN2OS/c1-9-18-14-12(21-9)5-4-11(13(14)17)19-15(20)16-6-2-3-10(7-16)8-16/h3-5H,2,6-8H2,1H3,(H,19,20). The van der Waals surface area contributed by atoms with Crippen LogP contribution in [0.5, 0.6) is 0 Å². The number of aryl methyl sites for hydroxylation is 1. The topological polar surface area (TPSA) is 42.0 Å². The second-order valence-corrected chi connectivity index (χ2v) is 7.61. The molecule has 3 aliphatic rings. The molecular weight excluding hydrogens is 304 g/mol. The van der Waals surface area contributed by atoms with E-state index in [0.29, 0.717) is 10.7 Å². The molecule has 1 amide bonds. The first-order chi connectivity index (χ1) is 10.1. The number of hydrogen-bond donors (Lipinski definition) is 1. The van der Waals surface area contributed by atoms with Crippen LogP contribution in [0.2, 0.25) is 5.02 Å². The number of hydrogen-bond acceptors (Lipinski definition) is 3. The molecule has 0 atom stereocenters. The molecule has 5 heteroatoms. The maximum atomic E-state index is 12.6. The Balaban J connectivity index is 1.64. The minimum atomic E-state index is -0.194. The van der Waals surface area contributed by atoms with Crippen molar-refractivity contribution in [3.63, 3.8) is 0 Å². The second-order valence-electron chi connectivity index (χ2n) is 6.00. The highest BCUT2D eigenvalue weighted by Gasteiger charge is 2.48. The van der Waals surface area contributed by atoms with Gasteiger partial charge in [0.2, 0.25) is 5.91 Å². The van der Waals surface area contributed by atoms with Gasteiger partial charge in [-0.25, -0.2) is 4.98 Å². The zero-order chi connectivity index (χ0) is 14.6. The molecule has 1 saturated carbocycles. The first kappa shape index (κ1) is 13.3. The van der Waals surface area contributed by atoms with Gasteiger partial charge in [0.25, 0.3) is 0 Å². The molecule has 0 radical (unpaired) electrons. The van der Waals surface area contributed by atoms with Gasteiger partial charge in [0, 0.05) is 0 Å². The molecule has 1 N–H and O–H groups in total. The van der Waals surface area contributed by atoms with Crippen molar-refractivity contribution < 1.29 is 4.79 Å². The normalized spacial score (nSPS) is 19.0. The van der Waals surface area contributed by atoms with Crippen molar-refractivity contribution in [1.29, 1.82) is 0 Å². The van der Waals surface area contributed by atoms with Gasteiger partial charge in [-0.15, -0.1) is 11.3 Å². The maximum Gasteiger partial charge on any atom is 0.231 e. The number of thiazole rings is 1. The van der Waals surface area contributed by atoms with E-state index in [-0.39, 0.29) is 11.3 Å². The third-order valence-corrected chi connectivity index (χ3v) is 5.84. The predicted octanol–water partition coefficient (Wildman–Crippen LogP) is 4.70. The molecule has 0 unspecified atom stereocenters. The third-order valence-electron chi connectivity index (χ3n) is 4.52. The average molecular weight is 319 g/mol. The van der Waals surface area contributed by atoms with Crippen LogP contribution in [0.1, 0.15) is 30.7 Å². The number of halogens is 1. The molecule has 3 aliphatic carbocycles. The Morgan fingerprint density at radius 1 is 1.43 bits per heavy atom. The monoisotopic (exact) mass is 318 g/mol. The fourth-order valence-electron chi connectivity index (χ4n) is 3.39. The Morgan fingerprint density at radius 3 is 2.95 bits per heavy atom. The minimum Gasteiger partial charge on any atom is -0.324 e. The average Bonchev–Trinajstić information content (AvgIpc) is 2.83. The first-order valence-corrected chi connectivity index (χ1v) is 8.32. The first-order valence-electron chi connectivity index (χ1n) is 7.12. The van der Waals surface area contributed by atoms with Gasteiger partial charge in [0.1, 0.15) is 5.52 Å². The van der Waals surface area contributed by atoms with Crippen LogP contribution < -0.4 is 5.32 Å². The van der Waals surface area contributed by atoms with E-state index < -0.39 is 0 Å². The summed E-state index contributed by atoms with van der Waals surface area (Å²) in [6.07, 6.45) is 6.05. The van der Waals surface area contributed by atoms with E-state index in [0.717, 1.165) is 40.9 Å². The van der Waals surface area contributed by atoms with Crippen LogP contribution in [0.4, 0.5) is 5.69 Å². The van der Waals surface area contributed by atoms with Crippen LogP contribution in [-0.2, 0) is 4.79 Å². The SMILES string of the molecule is Cc1nc2c(Cl)c(NC(=O)C34CCC=C(C3)C4)ccc2s1. The van der Waals surface area contributed by atoms with Gasteiger partial charge >= 0.3 is 0 Å². The maximum absolute atomic E-state index is 12.6. The van der Waals surface area contributed by atoms with Crippen molar-refractivity contribution in [3.05, 3.63) is 33.8 Å². The van der Waals surface area contributed by atoms with Crippen LogP contribution >= 0.6 is 22.9 Å². The van der Waals surface area contributed by atoms with Crippen LogP contribution in [0.15, 0.2) is 23.8 Å². The van der Waals surface area contributed by atoms with E-state index in [1.54, 1.807) is 11.3 Å². The summed E-state index contributed by atoms with van der Waals surface area (Å²) in [6.45, 7) is 1.96. The largest absolute Gasteiger partial charge is 0.324 e. The van der Waals surface area contributed by atoms with Crippen LogP contribution in [0.3, 0.4) is 0 Å². The Hall–Kier alpha value is -1.39. The van der Waals surface area contributed by atoms with Crippen molar-refractivity contribution >= 4 is 44.7 Å². The summed E-state index contributed by atoms with van der Waals surface area (Å²) >= 11 is 8.03. The summed E-state index contributed by atoms with van der Waals surface area (Å²) in [7, 11) is 0. The quantitative estimate of drug-likeness (QED) is 0.816. The number of nitrogens with zero attached hydrogens (tertiary/aromatic N) is 1. The molecule has 0 saturated heterocycles. The zero-order valence-corrected chi connectivity index (χ0v) is 13.3. The van der Waals surface area contributed by atoms with Crippen LogP contribution in [-0.4, -0.2) is 10.9 Å². The van der Waals surface area contributed by atoms with Crippen LogP contribution in [0.25, 0.3) is 10.2 Å². The van der Waals surface area contributed by atoms with Crippen LogP contribution in [0, 0.1) is 12.3 Å². The molecule has 1 aromatic heterocycles. The Bertz CT molecular complexity index is 785. The molecule has 0 spiro atoms. The highest BCUT2D eigenvalue weighted by atomic mass is 35.5. The summed E-state index contributed by atoms with van der Waals surface area (Å²) in [5, 5.41) is 4.56. The molecule has 1 aromatic carbocycles. The predicted molar refractivity (Wildman–Crippen MR) is 87.0 cm³/mol. The van der Waals surface area contributed by atoms with E-state index in [2.05, 4.69) is 16.4 Å². The number of allylic oxidation sites excluding steroid dienone is 2. The number of amides is 1. The van der Waals surface area contributed by atoms with Crippen molar-refractivity contribution in [2.75, 3.05) is 5.32 Å². The van der Waals surface area contributed by atoms with Gasteiger partial charge < -0.3 is 5.32 Å². The highest BCUT2D eigenvalue weighted by Crippen LogP contribution is 2.53. The smallest absolute Gasteiger partial charge is 0.231 e. The van der Waals surface area contributed by atoms with Gasteiger partial charge in [-0.3, -0.25) is 4.79 Å². The Kier molecular flexibility index (Phi) is 2.88. The van der Waals surface area contributed by atoms with Crippen molar-refractivity contribution in [1.82, 2.24) is 4.98 Å². The molecule has 3 nitrogen and oxygen atoms in total. The number of nitrogens with one attached hydrogen (secondary N) is 1. The summed E-state index contributed by atoms with van der Waals surface area (Å²) in [6, 6.07) is 3.86. The van der Waals surface area contributed by atoms with E-state index in [9.17, 15) is 4.79 Å². The van der Waals surface area contributed by atoms with Gasteiger partial charge in [0.15, 0.2) is 0 Å². The fraction of sp³-hybridized carbons (Fsp3) is 0.375. The number of anilines is 1. The number of fused-ring (bicyclic) bond motifs is 3. The lowest BCUT2D eigenvalue weighted by Gasteiger charge is -2.45. The molecule has 21 heavy (non-hydrogen) atoms. The zero-order valence-electron chi connectivity index (χ0n) is 11.7. The minimum absolute atomic E-state index is 0.104. The Labute approximate surface area is 132 Å². The van der Waals surface area contributed by atoms with E-state index >= 15 is 0 Å². The van der Waals surface area contributed by atoms with Crippen molar-refractivity contribution in [2.24, 2.45) is 5.41 Å². The van der Waals surface area contributed by atoms with E-state index in [4.69, 9.17) is 11.6 Å². The highest BCUT2D eigenvalue weighted by molar-refractivity contribution is 7.18. The Morgan fingerprint density at radius 2 is 2.24 bits per heavy atom. The van der Waals surface area contributed by atoms with Crippen molar-refractivity contribution in [3.8, 4) is 0 Å². The number of aromatic nitrogens is 1. The molecule has 1 fully saturated rings. The van der Waals surface area contributed by atoms with Gasteiger partial charge in [-0.05, 0) is 44.7 Å². The molecule has 1 heterocycles. The molecule has 5 rings (SSSR count). The van der Waals surface area contributed by atoms with E-state index in [1.807, 2.05) is 19.1 Å². The van der Waals surface area contributed by atoms with E-state index in [1.165, 1.54) is 5.57 Å². The lowest BCUT2D eigenvalue weighted by molar-refractivity contribution is -0.128. The second kappa shape index (κ2) is 4.55. The molecular formula is C16H15ClN2OS. The van der Waals surface area contributed by atoms with Gasteiger partial charge in [0.05, 0.1) is 25.8 Å². The molecule has 2 aromatic rings. The summed E-state index contributed by atoms with van der Waals surface area (Å²) < 4.78 is 1.06. The van der Waals surface area contributed by atoms with Gasteiger partial charge in [-0.2, -0.15) is 0 Å². The third kappa shape index (κ3) is 2.00. The van der Waals surface area contributed by atoms with Gasteiger partial charge in [-0.1, -0.05) is 23.3 Å². The van der Waals surface area contributed by atoms with Crippen molar-refractivity contribution in [2.45, 2.75) is 32.6 Å². The molecule has 108 valence electrons. The number of benzene rings is 1. The number of carbonyl (C=O) groups is 1. The fourth-order valence-corrected chi connectivity index (χ4v) is 4.54.